The van der Waals surface area contributed by atoms with Crippen LogP contribution >= 0.6 is 45.7 Å². The average Bonchev–Trinajstić information content (AvgIpc) is 3.82. The van der Waals surface area contributed by atoms with Gasteiger partial charge in [0.15, 0.2) is 16.9 Å². The molecule has 3 heterocycles. The number of ether oxygens (including phenoxy) is 2. The number of hydrogen-bond acceptors (Lipinski definition) is 12. The van der Waals surface area contributed by atoms with Crippen molar-refractivity contribution < 1.29 is 33.5 Å². The summed E-state index contributed by atoms with van der Waals surface area (Å²) in [7, 11) is 0. The molecule has 15 heteroatoms. The van der Waals surface area contributed by atoms with Crippen LogP contribution in [0.1, 0.15) is 79.6 Å². The predicted molar refractivity (Wildman–Crippen MR) is 277 cm³/mol. The molecule has 12 nitrogen and oxygen atoms in total. The third-order valence-corrected chi connectivity index (χ3v) is 15.3. The summed E-state index contributed by atoms with van der Waals surface area (Å²) < 4.78 is 12.5. The minimum Gasteiger partial charge on any atom is -0.457 e. The molecule has 2 amide bonds. The lowest BCUT2D eigenvalue weighted by Crippen LogP contribution is -2.71. The van der Waals surface area contributed by atoms with Crippen molar-refractivity contribution in [3.8, 4) is 0 Å². The second-order valence-electron chi connectivity index (χ2n) is 17.9. The summed E-state index contributed by atoms with van der Waals surface area (Å²) in [5.41, 5.74) is 2.16. The van der Waals surface area contributed by atoms with Crippen LogP contribution in [0.3, 0.4) is 0 Å². The number of β-lactam (4-membered cyclic amide) rings is 1. The van der Waals surface area contributed by atoms with E-state index in [9.17, 15) is 19.2 Å². The number of nitrogens with one attached hydrogen (secondary N) is 2. The first kappa shape index (κ1) is 47.8. The SMILES string of the molecule is CC(C)(C)OC(=O)C1(O/N=C(\C(=O)NC2C(=O)N3C(C(=O)OC(c4ccccc4)c4ccccc4)=C(CI)CS[C@@H]23)c2csc(NC(c3ccccc3)(c3ccccc3)c3ccccc3)n2)CCC1. The Bertz CT molecular complexity index is 2740. The number of amides is 2. The summed E-state index contributed by atoms with van der Waals surface area (Å²) in [4.78, 5) is 69.6. The van der Waals surface area contributed by atoms with Gasteiger partial charge in [-0.15, -0.1) is 23.1 Å². The Morgan fingerprint density at radius 2 is 1.33 bits per heavy atom. The van der Waals surface area contributed by atoms with E-state index in [4.69, 9.17) is 19.3 Å². The van der Waals surface area contributed by atoms with E-state index in [0.717, 1.165) is 33.4 Å². The van der Waals surface area contributed by atoms with Crippen molar-refractivity contribution in [2.45, 2.75) is 74.3 Å². The number of carbonyl (C=O) groups is 4. The predicted octanol–water partition coefficient (Wildman–Crippen LogP) is 9.95. The van der Waals surface area contributed by atoms with Crippen LogP contribution < -0.4 is 10.6 Å². The van der Waals surface area contributed by atoms with Crippen molar-refractivity contribution in [2.75, 3.05) is 15.5 Å². The number of alkyl halides is 1. The van der Waals surface area contributed by atoms with Gasteiger partial charge in [-0.2, -0.15) is 0 Å². The quantitative estimate of drug-likeness (QED) is 0.0183. The van der Waals surface area contributed by atoms with E-state index in [1.165, 1.54) is 28.0 Å². The highest BCUT2D eigenvalue weighted by molar-refractivity contribution is 14.1. The number of halogens is 1. The number of aromatic nitrogens is 1. The van der Waals surface area contributed by atoms with E-state index in [0.29, 0.717) is 34.6 Å². The number of nitrogens with zero attached hydrogens (tertiary/aromatic N) is 3. The number of esters is 2. The maximum Gasteiger partial charge on any atom is 0.356 e. The zero-order valence-electron chi connectivity index (χ0n) is 38.2. The van der Waals surface area contributed by atoms with Gasteiger partial charge >= 0.3 is 11.9 Å². The normalized spacial score (nSPS) is 17.8. The lowest BCUT2D eigenvalue weighted by Gasteiger charge is -2.49. The Labute approximate surface area is 423 Å². The Balaban J connectivity index is 1.03. The number of hydrogen-bond donors (Lipinski definition) is 2. The molecule has 5 aromatic carbocycles. The first-order valence-corrected chi connectivity index (χ1v) is 26.1. The fraction of sp³-hybridized carbons (Fsp3) is 0.259. The number of oxime groups is 1. The van der Waals surface area contributed by atoms with Crippen LogP contribution in [-0.4, -0.2) is 72.1 Å². The number of thiazole rings is 1. The zero-order chi connectivity index (χ0) is 48.2. The van der Waals surface area contributed by atoms with E-state index in [1.807, 2.05) is 115 Å². The molecule has 1 unspecified atom stereocenters. The Morgan fingerprint density at radius 3 is 1.81 bits per heavy atom. The number of benzene rings is 5. The molecular formula is C54H50IN5O7S2. The van der Waals surface area contributed by atoms with Crippen molar-refractivity contribution >= 4 is 80.3 Å². The summed E-state index contributed by atoms with van der Waals surface area (Å²) in [6.45, 7) is 5.33. The summed E-state index contributed by atoms with van der Waals surface area (Å²) in [6.07, 6.45) is 0.651. The molecule has 352 valence electrons. The molecule has 6 aromatic rings. The standard InChI is InChI=1S/C54H50IN5O7S2/c1-52(2,3)66-50(64)53(30-19-31-53)67-59-42(41-34-69-51(56-41)58-54(38-24-13-6-14-25-38,39-26-15-7-16-27-39)40-28-17-8-18-29-40)46(61)57-43-47(62)60-44(37(32-55)33-68-48(43)60)49(63)65-45(35-20-9-4-10-21-35)36-22-11-5-12-23-36/h4-18,20-29,34,43,45,48H,19,30-33H2,1-3H3,(H,56,58)(H,57,61)/b59-42-/t43?,48-/m0/s1. The Morgan fingerprint density at radius 1 is 0.812 bits per heavy atom. The van der Waals surface area contributed by atoms with Gasteiger partial charge in [-0.3, -0.25) is 14.5 Å². The zero-order valence-corrected chi connectivity index (χ0v) is 42.0. The van der Waals surface area contributed by atoms with Gasteiger partial charge in [0.05, 0.1) is 0 Å². The molecule has 9 rings (SSSR count). The lowest BCUT2D eigenvalue weighted by molar-refractivity contribution is -0.196. The van der Waals surface area contributed by atoms with Gasteiger partial charge in [0, 0.05) is 28.4 Å². The second kappa shape index (κ2) is 20.3. The van der Waals surface area contributed by atoms with Gasteiger partial charge < -0.3 is 24.9 Å². The van der Waals surface area contributed by atoms with Crippen molar-refractivity contribution in [1.82, 2.24) is 15.2 Å². The maximum atomic E-state index is 14.8. The number of fused-ring (bicyclic) bond motifs is 1. The summed E-state index contributed by atoms with van der Waals surface area (Å²) >= 11 is 4.91. The van der Waals surface area contributed by atoms with Crippen LogP contribution in [0.5, 0.6) is 0 Å². The molecule has 69 heavy (non-hydrogen) atoms. The van der Waals surface area contributed by atoms with Crippen LogP contribution in [0.4, 0.5) is 5.13 Å². The molecule has 2 fully saturated rings. The van der Waals surface area contributed by atoms with E-state index in [-0.39, 0.29) is 17.1 Å². The average molecular weight is 1070 g/mol. The monoisotopic (exact) mass is 1070 g/mol. The summed E-state index contributed by atoms with van der Waals surface area (Å²) in [5.74, 6) is -2.00. The highest BCUT2D eigenvalue weighted by Crippen LogP contribution is 2.44. The summed E-state index contributed by atoms with van der Waals surface area (Å²) in [6, 6.07) is 48.1. The van der Waals surface area contributed by atoms with E-state index in [2.05, 4.69) is 74.8 Å². The highest BCUT2D eigenvalue weighted by Gasteiger charge is 2.55. The molecule has 1 saturated heterocycles. The van der Waals surface area contributed by atoms with E-state index in [1.54, 1.807) is 26.2 Å². The molecule has 1 saturated carbocycles. The van der Waals surface area contributed by atoms with Gasteiger partial charge in [0.25, 0.3) is 11.8 Å². The first-order chi connectivity index (χ1) is 33.4. The Hall–Kier alpha value is -6.30. The molecule has 0 spiro atoms. The third kappa shape index (κ3) is 9.81. The molecule has 0 radical (unpaired) electrons. The van der Waals surface area contributed by atoms with E-state index < -0.39 is 58.0 Å². The van der Waals surface area contributed by atoms with Crippen molar-refractivity contribution in [3.63, 3.8) is 0 Å². The van der Waals surface area contributed by atoms with Crippen LogP contribution in [0.15, 0.2) is 173 Å². The number of rotatable bonds is 16. The molecule has 1 aromatic heterocycles. The van der Waals surface area contributed by atoms with Gasteiger partial charge in [-0.25, -0.2) is 14.6 Å². The van der Waals surface area contributed by atoms with E-state index >= 15 is 0 Å². The lowest BCUT2D eigenvalue weighted by atomic mass is 9.77. The smallest absolute Gasteiger partial charge is 0.356 e. The molecule has 2 N–H and O–H groups in total. The molecule has 2 aliphatic heterocycles. The second-order valence-corrected chi connectivity index (χ2v) is 20.7. The minimum absolute atomic E-state index is 0.158. The first-order valence-electron chi connectivity index (χ1n) is 22.7. The summed E-state index contributed by atoms with van der Waals surface area (Å²) in [5, 5.41) is 12.6. The molecule has 2 atom stereocenters. The van der Waals surface area contributed by atoms with Crippen LogP contribution in [0, 0.1) is 0 Å². The van der Waals surface area contributed by atoms with Crippen LogP contribution in [0.2, 0.25) is 0 Å². The number of thioether (sulfide) groups is 1. The molecule has 0 bridgehead atoms. The van der Waals surface area contributed by atoms with Crippen molar-refractivity contribution in [2.24, 2.45) is 5.16 Å². The number of anilines is 1. The molecule has 3 aliphatic rings. The van der Waals surface area contributed by atoms with Crippen molar-refractivity contribution in [3.05, 3.63) is 202 Å². The van der Waals surface area contributed by atoms with Gasteiger partial charge in [0.1, 0.15) is 33.9 Å². The largest absolute Gasteiger partial charge is 0.457 e. The Kier molecular flexibility index (Phi) is 14.1. The van der Waals surface area contributed by atoms with Crippen molar-refractivity contribution in [1.29, 1.82) is 0 Å². The topological polar surface area (TPSA) is 149 Å². The van der Waals surface area contributed by atoms with Crippen LogP contribution in [0.25, 0.3) is 0 Å². The fourth-order valence-corrected chi connectivity index (χ4v) is 11.7. The highest BCUT2D eigenvalue weighted by atomic mass is 127. The van der Waals surface area contributed by atoms with Crippen LogP contribution in [-0.2, 0) is 39.0 Å². The molecular weight excluding hydrogens is 1020 g/mol. The maximum absolute atomic E-state index is 14.8. The minimum atomic E-state index is -1.41. The molecule has 1 aliphatic carbocycles. The van der Waals surface area contributed by atoms with Gasteiger partial charge in [-0.05, 0) is 60.6 Å². The third-order valence-electron chi connectivity index (χ3n) is 12.2. The van der Waals surface area contributed by atoms with Gasteiger partial charge in [0.2, 0.25) is 5.60 Å². The number of carbonyl (C=O) groups excluding carboxylic acids is 4. The van der Waals surface area contributed by atoms with Gasteiger partial charge in [-0.1, -0.05) is 179 Å². The fourth-order valence-electron chi connectivity index (χ4n) is 8.65.